The summed E-state index contributed by atoms with van der Waals surface area (Å²) < 4.78 is 2.51. The predicted octanol–water partition coefficient (Wildman–Crippen LogP) is 15.2. The molecule has 0 saturated heterocycles. The maximum Gasteiger partial charge on any atom is 0.0900 e. The summed E-state index contributed by atoms with van der Waals surface area (Å²) in [6.07, 6.45) is 1.91. The van der Waals surface area contributed by atoms with E-state index in [0.717, 1.165) is 50.6 Å². The van der Waals surface area contributed by atoms with Crippen LogP contribution in [0.3, 0.4) is 0 Å². The highest BCUT2D eigenvalue weighted by atomic mass is 15.0. The highest BCUT2D eigenvalue weighted by Gasteiger charge is 2.53. The Bertz CT molecular complexity index is 3570. The zero-order valence-corrected chi connectivity index (χ0v) is 36.2. The first-order valence-electron chi connectivity index (χ1n) is 22.6. The Balaban J connectivity index is 0.982. The van der Waals surface area contributed by atoms with Crippen LogP contribution >= 0.6 is 0 Å². The third-order valence-electron chi connectivity index (χ3n) is 14.3. The van der Waals surface area contributed by atoms with Crippen molar-refractivity contribution in [2.24, 2.45) is 0 Å². The van der Waals surface area contributed by atoms with Crippen LogP contribution in [-0.4, -0.2) is 14.5 Å². The summed E-state index contributed by atoms with van der Waals surface area (Å²) in [5.41, 5.74) is 21.9. The summed E-state index contributed by atoms with van der Waals surface area (Å²) >= 11 is 0. The molecule has 0 fully saturated rings. The van der Waals surface area contributed by atoms with E-state index in [4.69, 9.17) is 9.97 Å². The average Bonchev–Trinajstić information content (AvgIpc) is 3.87. The van der Waals surface area contributed by atoms with E-state index in [1.165, 1.54) is 66.3 Å². The van der Waals surface area contributed by atoms with Crippen LogP contribution in [0.5, 0.6) is 0 Å². The molecule has 0 unspecified atom stereocenters. The van der Waals surface area contributed by atoms with Gasteiger partial charge in [-0.15, -0.1) is 0 Å². The van der Waals surface area contributed by atoms with Gasteiger partial charge in [0.25, 0.3) is 0 Å². The predicted molar refractivity (Wildman–Crippen MR) is 268 cm³/mol. The molecule has 0 bridgehead atoms. The third kappa shape index (κ3) is 5.42. The molecule has 3 heterocycles. The Labute approximate surface area is 379 Å². The van der Waals surface area contributed by atoms with Gasteiger partial charge in [-0.2, -0.15) is 0 Å². The van der Waals surface area contributed by atoms with Gasteiger partial charge in [-0.05, 0) is 104 Å². The summed E-state index contributed by atoms with van der Waals surface area (Å²) in [7, 11) is 0. The second kappa shape index (κ2) is 14.2. The SMILES string of the molecule is CC1(C)c2ccccc2C2(c3ccccc3-c3c2ccc2c4ccccc4n(-c4ccc(-c5ccnc(-c6cc(-c7ccccc7)cc(-c7ccccc7)n6)c5)cc4)c32)c2ccccc21. The lowest BCUT2D eigenvalue weighted by Gasteiger charge is -2.46. The fourth-order valence-electron chi connectivity index (χ4n) is 11.4. The van der Waals surface area contributed by atoms with Crippen LogP contribution in [0.15, 0.2) is 225 Å². The fourth-order valence-corrected chi connectivity index (χ4v) is 11.4. The normalized spacial score (nSPS) is 13.9. The Kier molecular flexibility index (Phi) is 8.17. The van der Waals surface area contributed by atoms with Crippen molar-refractivity contribution in [1.82, 2.24) is 14.5 Å². The molecule has 306 valence electrons. The van der Waals surface area contributed by atoms with Crippen molar-refractivity contribution >= 4 is 21.8 Å². The van der Waals surface area contributed by atoms with Crippen molar-refractivity contribution < 1.29 is 0 Å². The molecule has 8 aromatic carbocycles. The van der Waals surface area contributed by atoms with Crippen LogP contribution in [0.2, 0.25) is 0 Å². The molecule has 2 aliphatic rings. The molecule has 2 aliphatic carbocycles. The minimum Gasteiger partial charge on any atom is -0.309 e. The van der Waals surface area contributed by atoms with Gasteiger partial charge in [-0.3, -0.25) is 4.98 Å². The number of para-hydroxylation sites is 1. The maximum atomic E-state index is 5.18. The van der Waals surface area contributed by atoms with Crippen molar-refractivity contribution in [2.45, 2.75) is 24.7 Å². The number of hydrogen-bond donors (Lipinski definition) is 0. The zero-order valence-electron chi connectivity index (χ0n) is 36.2. The molecular formula is C62H43N3. The molecule has 0 saturated carbocycles. The molecule has 0 amide bonds. The van der Waals surface area contributed by atoms with Gasteiger partial charge >= 0.3 is 0 Å². The molecule has 1 spiro atoms. The van der Waals surface area contributed by atoms with E-state index >= 15 is 0 Å². The lowest BCUT2D eigenvalue weighted by molar-refractivity contribution is 0.563. The second-order valence-electron chi connectivity index (χ2n) is 18.1. The first-order chi connectivity index (χ1) is 32.0. The van der Waals surface area contributed by atoms with Gasteiger partial charge < -0.3 is 4.57 Å². The van der Waals surface area contributed by atoms with E-state index in [1.807, 2.05) is 12.3 Å². The number of nitrogens with zero attached hydrogens (tertiary/aromatic N) is 3. The Morgan fingerprint density at radius 2 is 0.954 bits per heavy atom. The average molecular weight is 830 g/mol. The van der Waals surface area contributed by atoms with E-state index in [1.54, 1.807) is 0 Å². The van der Waals surface area contributed by atoms with Gasteiger partial charge in [-0.25, -0.2) is 4.98 Å². The van der Waals surface area contributed by atoms with Crippen molar-refractivity contribution in [2.75, 3.05) is 0 Å². The minimum atomic E-state index is -0.468. The van der Waals surface area contributed by atoms with Crippen LogP contribution in [0.1, 0.15) is 47.2 Å². The lowest BCUT2D eigenvalue weighted by Crippen LogP contribution is -2.40. The molecule has 0 aliphatic heterocycles. The summed E-state index contributed by atoms with van der Waals surface area (Å²) in [6.45, 7) is 4.78. The van der Waals surface area contributed by atoms with Gasteiger partial charge in [0.2, 0.25) is 0 Å². The van der Waals surface area contributed by atoms with Gasteiger partial charge in [0.15, 0.2) is 0 Å². The van der Waals surface area contributed by atoms with Crippen LogP contribution < -0.4 is 0 Å². The van der Waals surface area contributed by atoms with Gasteiger partial charge in [-0.1, -0.05) is 190 Å². The summed E-state index contributed by atoms with van der Waals surface area (Å²) in [6, 6.07) is 79.9. The lowest BCUT2D eigenvalue weighted by atomic mass is 9.55. The molecule has 3 nitrogen and oxygen atoms in total. The summed E-state index contributed by atoms with van der Waals surface area (Å²) in [4.78, 5) is 10.1. The molecule has 0 radical (unpaired) electrons. The Morgan fingerprint density at radius 1 is 0.385 bits per heavy atom. The van der Waals surface area contributed by atoms with Crippen molar-refractivity contribution in [1.29, 1.82) is 0 Å². The molecule has 11 aromatic rings. The molecule has 65 heavy (non-hydrogen) atoms. The minimum absolute atomic E-state index is 0.153. The highest BCUT2D eigenvalue weighted by molar-refractivity contribution is 6.16. The quantitative estimate of drug-likeness (QED) is 0.173. The zero-order chi connectivity index (χ0) is 43.3. The topological polar surface area (TPSA) is 30.7 Å². The summed E-state index contributed by atoms with van der Waals surface area (Å²) in [5.74, 6) is 0. The van der Waals surface area contributed by atoms with E-state index < -0.39 is 5.41 Å². The molecule has 0 N–H and O–H groups in total. The number of benzene rings is 8. The number of fused-ring (bicyclic) bond motifs is 13. The van der Waals surface area contributed by atoms with E-state index in [9.17, 15) is 0 Å². The highest BCUT2D eigenvalue weighted by Crippen LogP contribution is 2.63. The van der Waals surface area contributed by atoms with Gasteiger partial charge in [0.05, 0.1) is 33.5 Å². The number of hydrogen-bond acceptors (Lipinski definition) is 2. The van der Waals surface area contributed by atoms with Crippen LogP contribution in [-0.2, 0) is 10.8 Å². The van der Waals surface area contributed by atoms with Crippen LogP contribution in [0.4, 0.5) is 0 Å². The first-order valence-corrected chi connectivity index (χ1v) is 22.6. The van der Waals surface area contributed by atoms with E-state index in [0.29, 0.717) is 0 Å². The number of rotatable bonds is 5. The van der Waals surface area contributed by atoms with Crippen LogP contribution in [0.25, 0.3) is 83.5 Å². The fraction of sp³-hybridized carbons (Fsp3) is 0.0645. The molecule has 3 heteroatoms. The molecule has 3 aromatic heterocycles. The number of aromatic nitrogens is 3. The molecule has 0 atom stereocenters. The van der Waals surface area contributed by atoms with Crippen molar-refractivity contribution in [3.63, 3.8) is 0 Å². The first kappa shape index (κ1) is 37.4. The standard InChI is InChI=1S/C62H43N3/c1-61(2)50-24-12-14-26-52(50)62(53-27-15-13-25-51(53)61)49-23-11-9-22-48(49)59-54(62)34-33-47-46-21-10-16-28-58(46)65(60(47)59)45-31-29-41(30-32-45)43-35-36-63-56(37-43)57-39-44(40-17-5-3-6-18-40)38-55(64-57)42-19-7-4-8-20-42/h3-39H,1-2H3. The second-order valence-corrected chi connectivity index (χ2v) is 18.1. The monoisotopic (exact) mass is 829 g/mol. The summed E-state index contributed by atoms with van der Waals surface area (Å²) in [5, 5.41) is 2.50. The third-order valence-corrected chi connectivity index (χ3v) is 14.3. The maximum absolute atomic E-state index is 5.18. The molecular weight excluding hydrogens is 787 g/mol. The van der Waals surface area contributed by atoms with Gasteiger partial charge in [0, 0.05) is 39.2 Å². The van der Waals surface area contributed by atoms with E-state index in [2.05, 4.69) is 231 Å². The van der Waals surface area contributed by atoms with Gasteiger partial charge in [0.1, 0.15) is 0 Å². The number of pyridine rings is 2. The van der Waals surface area contributed by atoms with E-state index in [-0.39, 0.29) is 5.41 Å². The van der Waals surface area contributed by atoms with Crippen molar-refractivity contribution in [3.8, 4) is 61.7 Å². The Morgan fingerprint density at radius 3 is 1.68 bits per heavy atom. The Hall–Kier alpha value is -8.14. The van der Waals surface area contributed by atoms with Crippen LogP contribution in [0, 0.1) is 0 Å². The molecule has 13 rings (SSSR count). The smallest absolute Gasteiger partial charge is 0.0900 e. The largest absolute Gasteiger partial charge is 0.309 e. The van der Waals surface area contributed by atoms with Crippen molar-refractivity contribution in [3.05, 3.63) is 258 Å².